The van der Waals surface area contributed by atoms with E-state index in [1.165, 1.54) is 6.07 Å². The fraction of sp³-hybridized carbons (Fsp3) is 0.500. The van der Waals surface area contributed by atoms with E-state index in [4.69, 9.17) is 5.73 Å². The van der Waals surface area contributed by atoms with Crippen molar-refractivity contribution in [1.82, 2.24) is 10.2 Å². The van der Waals surface area contributed by atoms with Crippen LogP contribution in [0.25, 0.3) is 0 Å². The third kappa shape index (κ3) is 5.26. The van der Waals surface area contributed by atoms with Gasteiger partial charge in [-0.15, -0.1) is 0 Å². The highest BCUT2D eigenvalue weighted by Gasteiger charge is 2.31. The van der Waals surface area contributed by atoms with Gasteiger partial charge in [-0.25, -0.2) is 0 Å². The second-order valence-corrected chi connectivity index (χ2v) is 8.07. The van der Waals surface area contributed by atoms with Gasteiger partial charge >= 0.3 is 6.18 Å². The Morgan fingerprint density at radius 3 is 2.46 bits per heavy atom. The number of halogens is 3. The molecular weight excluding hydrogens is 347 g/mol. The summed E-state index contributed by atoms with van der Waals surface area (Å²) in [7, 11) is -2.47. The van der Waals surface area contributed by atoms with E-state index < -0.39 is 28.2 Å². The van der Waals surface area contributed by atoms with Gasteiger partial charge in [-0.1, -0.05) is 0 Å². The van der Waals surface area contributed by atoms with Crippen molar-refractivity contribution in [1.29, 1.82) is 0 Å². The third-order valence-corrected chi connectivity index (χ3v) is 5.40. The average Bonchev–Trinajstić information content (AvgIpc) is 2.47. The van der Waals surface area contributed by atoms with Crippen LogP contribution in [0.1, 0.15) is 15.9 Å². The number of hydrogen-bond donors (Lipinski definition) is 4. The lowest BCUT2D eigenvalue weighted by Crippen LogP contribution is -2.42. The van der Waals surface area contributed by atoms with Crippen molar-refractivity contribution >= 4 is 22.2 Å². The predicted octanol–water partition coefficient (Wildman–Crippen LogP) is 2.08. The smallest absolute Gasteiger partial charge is 0.399 e. The van der Waals surface area contributed by atoms with E-state index in [1.54, 1.807) is 0 Å². The zero-order chi connectivity index (χ0) is 18.0. The van der Waals surface area contributed by atoms with Crippen LogP contribution in [0.5, 0.6) is 0 Å². The summed E-state index contributed by atoms with van der Waals surface area (Å²) in [6.07, 6.45) is -4.57. The molecule has 0 radical (unpaired) electrons. The van der Waals surface area contributed by atoms with Gasteiger partial charge in [-0.2, -0.15) is 23.8 Å². The molecule has 0 unspecified atom stereocenters. The second kappa shape index (κ2) is 7.18. The maximum atomic E-state index is 12.7. The van der Waals surface area contributed by atoms with Gasteiger partial charge in [0.25, 0.3) is 5.91 Å². The van der Waals surface area contributed by atoms with Crippen LogP contribution < -0.4 is 11.1 Å². The van der Waals surface area contributed by atoms with Gasteiger partial charge in [-0.05, 0) is 18.2 Å². The van der Waals surface area contributed by atoms with Gasteiger partial charge in [0, 0.05) is 37.4 Å². The zero-order valence-electron chi connectivity index (χ0n) is 12.8. The summed E-state index contributed by atoms with van der Waals surface area (Å²) in [5.74, 6) is -0.0370. The van der Waals surface area contributed by atoms with E-state index in [9.17, 15) is 27.1 Å². The molecule has 1 aliphatic rings. The van der Waals surface area contributed by atoms with Crippen molar-refractivity contribution < 1.29 is 27.1 Å². The van der Waals surface area contributed by atoms with Crippen LogP contribution in [0, 0.1) is 0 Å². The zero-order valence-corrected chi connectivity index (χ0v) is 13.7. The monoisotopic (exact) mass is 367 g/mol. The molecule has 136 valence electrons. The normalized spacial score (nSPS) is 19.7. The first-order valence-corrected chi connectivity index (χ1v) is 9.17. The number of benzene rings is 1. The number of rotatable bonds is 4. The predicted molar refractivity (Wildman–Crippen MR) is 87.2 cm³/mol. The molecule has 0 aliphatic carbocycles. The first kappa shape index (κ1) is 18.8. The molecule has 1 saturated heterocycles. The summed E-state index contributed by atoms with van der Waals surface area (Å²) in [5, 5.41) is 2.55. The highest BCUT2D eigenvalue weighted by Crippen LogP contribution is 2.40. The summed E-state index contributed by atoms with van der Waals surface area (Å²) < 4.78 is 57.2. The van der Waals surface area contributed by atoms with Crippen molar-refractivity contribution in [2.45, 2.75) is 6.18 Å². The summed E-state index contributed by atoms with van der Waals surface area (Å²) in [5.41, 5.74) is 4.20. The number of carbonyl (C=O) groups is 1. The molecule has 2 rings (SSSR count). The molecule has 1 fully saturated rings. The topological polar surface area (TPSA) is 98.8 Å². The minimum atomic E-state index is -4.57. The molecule has 6 nitrogen and oxygen atoms in total. The van der Waals surface area contributed by atoms with Crippen LogP contribution >= 0.6 is 10.6 Å². The Balaban J connectivity index is 1.88. The lowest BCUT2D eigenvalue weighted by Gasteiger charge is -2.40. The van der Waals surface area contributed by atoms with E-state index in [-0.39, 0.29) is 17.8 Å². The Morgan fingerprint density at radius 1 is 1.25 bits per heavy atom. The number of nitrogens with two attached hydrogens (primary N) is 1. The average molecular weight is 367 g/mol. The fourth-order valence-electron chi connectivity index (χ4n) is 2.36. The van der Waals surface area contributed by atoms with Crippen molar-refractivity contribution in [3.8, 4) is 0 Å². The first-order valence-electron chi connectivity index (χ1n) is 7.29. The van der Waals surface area contributed by atoms with Gasteiger partial charge in [0.05, 0.1) is 17.1 Å². The number of nitrogen functional groups attached to an aromatic ring is 1. The lowest BCUT2D eigenvalue weighted by molar-refractivity contribution is -0.137. The largest absolute Gasteiger partial charge is 0.416 e. The number of anilines is 1. The molecule has 24 heavy (non-hydrogen) atoms. The van der Waals surface area contributed by atoms with Crippen molar-refractivity contribution in [2.75, 3.05) is 43.4 Å². The summed E-state index contributed by atoms with van der Waals surface area (Å²) in [6, 6.07) is 2.74. The highest BCUT2D eigenvalue weighted by atomic mass is 32.3. The molecule has 1 aliphatic heterocycles. The van der Waals surface area contributed by atoms with Crippen molar-refractivity contribution in [3.63, 3.8) is 0 Å². The van der Waals surface area contributed by atoms with Crippen molar-refractivity contribution in [3.05, 3.63) is 29.3 Å². The second-order valence-electron chi connectivity index (χ2n) is 5.65. The van der Waals surface area contributed by atoms with Gasteiger partial charge in [-0.3, -0.25) is 18.8 Å². The van der Waals surface area contributed by atoms with E-state index in [0.29, 0.717) is 31.1 Å². The number of hydrogen-bond acceptors (Lipinski definition) is 5. The SMILES string of the molecule is Nc1cc(C(=O)NCCN2CCS(O)(O)CC2)cc(C(F)(F)F)c1. The highest BCUT2D eigenvalue weighted by molar-refractivity contribution is 8.24. The third-order valence-electron chi connectivity index (χ3n) is 3.73. The molecule has 1 heterocycles. The lowest BCUT2D eigenvalue weighted by atomic mass is 10.1. The Labute approximate surface area is 139 Å². The minimum absolute atomic E-state index is 0.129. The van der Waals surface area contributed by atoms with Gasteiger partial charge < -0.3 is 11.1 Å². The number of amides is 1. The fourth-order valence-corrected chi connectivity index (χ4v) is 3.67. The first-order chi connectivity index (χ1) is 11.1. The summed E-state index contributed by atoms with van der Waals surface area (Å²) in [6.45, 7) is 1.74. The number of nitrogens with zero attached hydrogens (tertiary/aromatic N) is 1. The van der Waals surface area contributed by atoms with Gasteiger partial charge in [0.2, 0.25) is 0 Å². The number of alkyl halides is 3. The standard InChI is InChI=1S/C14H20F3N3O3S/c15-14(16,17)11-7-10(8-12(18)9-11)13(21)19-1-2-20-3-5-24(22,23)6-4-20/h7-9,22-23H,1-6,18H2,(H,19,21). The Morgan fingerprint density at radius 2 is 1.88 bits per heavy atom. The van der Waals surface area contributed by atoms with Crippen LogP contribution in [-0.2, 0) is 6.18 Å². The maximum Gasteiger partial charge on any atom is 0.416 e. The van der Waals surface area contributed by atoms with E-state index in [2.05, 4.69) is 5.32 Å². The van der Waals surface area contributed by atoms with Crippen LogP contribution in [0.4, 0.5) is 18.9 Å². The van der Waals surface area contributed by atoms with Gasteiger partial charge in [0.1, 0.15) is 0 Å². The molecule has 0 bridgehead atoms. The number of nitrogens with one attached hydrogen (secondary N) is 1. The van der Waals surface area contributed by atoms with E-state index in [0.717, 1.165) is 12.1 Å². The quantitative estimate of drug-likeness (QED) is 0.611. The Kier molecular flexibility index (Phi) is 5.63. The van der Waals surface area contributed by atoms with Gasteiger partial charge in [0.15, 0.2) is 0 Å². The van der Waals surface area contributed by atoms with Crippen LogP contribution in [0.15, 0.2) is 18.2 Å². The summed E-state index contributed by atoms with van der Waals surface area (Å²) >= 11 is 0. The van der Waals surface area contributed by atoms with Crippen LogP contribution in [0.2, 0.25) is 0 Å². The molecule has 1 aromatic carbocycles. The van der Waals surface area contributed by atoms with Crippen LogP contribution in [0.3, 0.4) is 0 Å². The molecule has 0 aromatic heterocycles. The molecule has 1 aromatic rings. The molecule has 10 heteroatoms. The molecule has 1 amide bonds. The summed E-state index contributed by atoms with van der Waals surface area (Å²) in [4.78, 5) is 13.9. The molecule has 0 atom stereocenters. The molecule has 5 N–H and O–H groups in total. The molecular formula is C14H20F3N3O3S. The van der Waals surface area contributed by atoms with E-state index >= 15 is 0 Å². The van der Waals surface area contributed by atoms with Crippen molar-refractivity contribution in [2.24, 2.45) is 0 Å². The Bertz CT molecular complexity index is 601. The van der Waals surface area contributed by atoms with E-state index in [1.807, 2.05) is 4.90 Å². The number of carbonyl (C=O) groups excluding carboxylic acids is 1. The minimum Gasteiger partial charge on any atom is -0.399 e. The van der Waals surface area contributed by atoms with Crippen LogP contribution in [-0.4, -0.2) is 57.6 Å². The molecule has 0 spiro atoms. The molecule has 0 saturated carbocycles. The maximum absolute atomic E-state index is 12.7. The Hall–Kier alpha value is -1.49.